The summed E-state index contributed by atoms with van der Waals surface area (Å²) in [6.07, 6.45) is 8.72. The molecular formula is C25H34N2O2. The Morgan fingerprint density at radius 1 is 1.28 bits per heavy atom. The van der Waals surface area contributed by atoms with Gasteiger partial charge in [0.25, 0.3) is 0 Å². The number of piperazine rings is 1. The summed E-state index contributed by atoms with van der Waals surface area (Å²) in [7, 11) is 0. The van der Waals surface area contributed by atoms with Crippen molar-refractivity contribution < 1.29 is 9.59 Å². The number of hydrogen-bond acceptors (Lipinski definition) is 2. The number of allylic oxidation sites excluding steroid dienone is 2. The van der Waals surface area contributed by atoms with Gasteiger partial charge in [-0.25, -0.2) is 0 Å². The second-order valence-electron chi connectivity index (χ2n) is 8.66. The van der Waals surface area contributed by atoms with Gasteiger partial charge in [0.15, 0.2) is 0 Å². The van der Waals surface area contributed by atoms with E-state index in [0.717, 1.165) is 18.4 Å². The molecule has 0 aromatic heterocycles. The lowest BCUT2D eigenvalue weighted by molar-refractivity contribution is -0.146. The number of nitrogens with one attached hydrogen (secondary N) is 1. The number of carbonyl (C=O) groups is 2. The maximum absolute atomic E-state index is 13.5. The van der Waals surface area contributed by atoms with Crippen molar-refractivity contribution in [3.8, 4) is 0 Å². The van der Waals surface area contributed by atoms with Crippen LogP contribution in [0.15, 0.2) is 54.1 Å². The van der Waals surface area contributed by atoms with E-state index in [4.69, 9.17) is 0 Å². The van der Waals surface area contributed by atoms with Gasteiger partial charge in [0.1, 0.15) is 6.04 Å². The van der Waals surface area contributed by atoms with Gasteiger partial charge < -0.3 is 10.2 Å². The first kappa shape index (κ1) is 21.4. The lowest BCUT2D eigenvalue weighted by Crippen LogP contribution is -2.62. The zero-order valence-corrected chi connectivity index (χ0v) is 18.1. The van der Waals surface area contributed by atoms with E-state index in [9.17, 15) is 9.59 Å². The zero-order chi connectivity index (χ0) is 21.0. The van der Waals surface area contributed by atoms with E-state index < -0.39 is 0 Å². The van der Waals surface area contributed by atoms with Crippen LogP contribution in [0, 0.1) is 11.8 Å². The Labute approximate surface area is 175 Å². The molecule has 0 spiro atoms. The summed E-state index contributed by atoms with van der Waals surface area (Å²) < 4.78 is 0. The third-order valence-electron chi connectivity index (χ3n) is 5.97. The Balaban J connectivity index is 1.80. The van der Waals surface area contributed by atoms with Gasteiger partial charge in [-0.05, 0) is 49.2 Å². The van der Waals surface area contributed by atoms with Crippen LogP contribution < -0.4 is 5.32 Å². The van der Waals surface area contributed by atoms with Gasteiger partial charge in [-0.1, -0.05) is 69.3 Å². The molecule has 1 heterocycles. The normalized spacial score (nSPS) is 27.4. The van der Waals surface area contributed by atoms with E-state index >= 15 is 0 Å². The molecule has 2 amide bonds. The summed E-state index contributed by atoms with van der Waals surface area (Å²) in [6, 6.07) is 9.74. The van der Waals surface area contributed by atoms with Gasteiger partial charge in [-0.3, -0.25) is 9.59 Å². The second kappa shape index (κ2) is 9.43. The van der Waals surface area contributed by atoms with E-state index in [1.807, 2.05) is 36.1 Å². The van der Waals surface area contributed by atoms with Crippen LogP contribution >= 0.6 is 0 Å². The Hall–Kier alpha value is -2.36. The van der Waals surface area contributed by atoms with Crippen LogP contribution in [0.3, 0.4) is 0 Å². The smallest absolute Gasteiger partial charge is 0.243 e. The number of amides is 2. The maximum atomic E-state index is 13.5. The molecule has 1 saturated carbocycles. The molecule has 4 unspecified atom stereocenters. The van der Waals surface area contributed by atoms with E-state index in [-0.39, 0.29) is 35.7 Å². The highest BCUT2D eigenvalue weighted by atomic mass is 16.2. The number of benzene rings is 1. The Morgan fingerprint density at radius 3 is 2.62 bits per heavy atom. The zero-order valence-electron chi connectivity index (χ0n) is 18.1. The van der Waals surface area contributed by atoms with Crippen molar-refractivity contribution in [1.29, 1.82) is 0 Å². The highest BCUT2D eigenvalue weighted by Gasteiger charge is 2.49. The molecule has 29 heavy (non-hydrogen) atoms. The first-order valence-electron chi connectivity index (χ1n) is 10.9. The van der Waals surface area contributed by atoms with Gasteiger partial charge in [-0.15, -0.1) is 0 Å². The molecule has 3 rings (SSSR count). The maximum Gasteiger partial charge on any atom is 0.243 e. The summed E-state index contributed by atoms with van der Waals surface area (Å²) >= 11 is 0. The summed E-state index contributed by atoms with van der Waals surface area (Å²) in [5.74, 6) is 0.749. The molecule has 1 aliphatic carbocycles. The SMILES string of the molecule is CC=C(C=CCC)C1CN(C(=O)C2CC2c2ccccc2)C(CC(C)C)C(=O)N1. The largest absolute Gasteiger partial charge is 0.346 e. The van der Waals surface area contributed by atoms with Gasteiger partial charge in [0.05, 0.1) is 6.04 Å². The molecule has 2 fully saturated rings. The van der Waals surface area contributed by atoms with Crippen molar-refractivity contribution in [2.24, 2.45) is 11.8 Å². The average molecular weight is 395 g/mol. The van der Waals surface area contributed by atoms with E-state index in [0.29, 0.717) is 18.9 Å². The fourth-order valence-corrected chi connectivity index (χ4v) is 4.31. The number of carbonyl (C=O) groups excluding carboxylic acids is 2. The highest BCUT2D eigenvalue weighted by Crippen LogP contribution is 2.49. The minimum atomic E-state index is -0.371. The molecule has 4 atom stereocenters. The van der Waals surface area contributed by atoms with Gasteiger partial charge in [0.2, 0.25) is 11.8 Å². The molecule has 4 heteroatoms. The first-order chi connectivity index (χ1) is 14.0. The van der Waals surface area contributed by atoms with Crippen LogP contribution in [0.5, 0.6) is 0 Å². The average Bonchev–Trinajstić information content (AvgIpc) is 3.51. The van der Waals surface area contributed by atoms with Crippen LogP contribution in [0.1, 0.15) is 58.4 Å². The molecule has 156 valence electrons. The molecule has 2 aliphatic rings. The lowest BCUT2D eigenvalue weighted by Gasteiger charge is -2.41. The van der Waals surface area contributed by atoms with E-state index in [1.165, 1.54) is 5.56 Å². The molecule has 0 bridgehead atoms. The predicted molar refractivity (Wildman–Crippen MR) is 117 cm³/mol. The molecule has 0 radical (unpaired) electrons. The molecule has 1 N–H and O–H groups in total. The van der Waals surface area contributed by atoms with Crippen molar-refractivity contribution in [3.05, 3.63) is 59.7 Å². The summed E-state index contributed by atoms with van der Waals surface area (Å²) in [5, 5.41) is 3.17. The van der Waals surface area contributed by atoms with Crippen LogP contribution in [0.4, 0.5) is 0 Å². The molecular weight excluding hydrogens is 360 g/mol. The van der Waals surface area contributed by atoms with Crippen molar-refractivity contribution in [1.82, 2.24) is 10.2 Å². The standard InChI is InChI=1S/C25H34N2O2/c1-5-7-11-18(6-2)22-16-27(23(14-17(3)4)24(28)26-22)25(29)21-15-20(21)19-12-9-8-10-13-19/h6-13,17,20-23H,5,14-16H2,1-4H3,(H,26,28). The minimum Gasteiger partial charge on any atom is -0.346 e. The van der Waals surface area contributed by atoms with Gasteiger partial charge in [-0.2, -0.15) is 0 Å². The van der Waals surface area contributed by atoms with Crippen LogP contribution in [-0.2, 0) is 9.59 Å². The molecule has 1 saturated heterocycles. The monoisotopic (exact) mass is 394 g/mol. The third-order valence-corrected chi connectivity index (χ3v) is 5.97. The summed E-state index contributed by atoms with van der Waals surface area (Å²) in [4.78, 5) is 28.3. The lowest BCUT2D eigenvalue weighted by atomic mass is 9.94. The predicted octanol–water partition coefficient (Wildman–Crippen LogP) is 4.44. The highest BCUT2D eigenvalue weighted by molar-refractivity contribution is 5.92. The molecule has 4 nitrogen and oxygen atoms in total. The quantitative estimate of drug-likeness (QED) is 0.695. The number of nitrogens with zero attached hydrogens (tertiary/aromatic N) is 1. The van der Waals surface area contributed by atoms with Gasteiger partial charge in [0, 0.05) is 12.5 Å². The fraction of sp³-hybridized carbons (Fsp3) is 0.520. The van der Waals surface area contributed by atoms with Crippen molar-refractivity contribution in [3.63, 3.8) is 0 Å². The second-order valence-corrected chi connectivity index (χ2v) is 8.66. The Bertz CT molecular complexity index is 781. The van der Waals surface area contributed by atoms with Crippen molar-refractivity contribution in [2.45, 2.75) is 65.0 Å². The van der Waals surface area contributed by atoms with Gasteiger partial charge >= 0.3 is 0 Å². The van der Waals surface area contributed by atoms with E-state index in [1.54, 1.807) is 0 Å². The number of rotatable bonds is 7. The van der Waals surface area contributed by atoms with Crippen LogP contribution in [-0.4, -0.2) is 35.3 Å². The molecule has 1 aromatic carbocycles. The summed E-state index contributed by atoms with van der Waals surface area (Å²) in [5.41, 5.74) is 2.29. The Kier molecular flexibility index (Phi) is 6.94. The third kappa shape index (κ3) is 4.98. The summed E-state index contributed by atoms with van der Waals surface area (Å²) in [6.45, 7) is 8.84. The molecule has 1 aliphatic heterocycles. The van der Waals surface area contributed by atoms with E-state index in [2.05, 4.69) is 50.4 Å². The minimum absolute atomic E-state index is 0.00106. The van der Waals surface area contributed by atoms with Crippen LogP contribution in [0.2, 0.25) is 0 Å². The topological polar surface area (TPSA) is 49.4 Å². The van der Waals surface area contributed by atoms with Crippen molar-refractivity contribution in [2.75, 3.05) is 6.54 Å². The van der Waals surface area contributed by atoms with Crippen molar-refractivity contribution >= 4 is 11.8 Å². The number of hydrogen-bond donors (Lipinski definition) is 1. The first-order valence-corrected chi connectivity index (χ1v) is 10.9. The molecule has 1 aromatic rings. The Morgan fingerprint density at radius 2 is 2.00 bits per heavy atom. The fourth-order valence-electron chi connectivity index (χ4n) is 4.31. The van der Waals surface area contributed by atoms with Crippen LogP contribution in [0.25, 0.3) is 0 Å².